The minimum Gasteiger partial charge on any atom is -0.373 e. The third-order valence-corrected chi connectivity index (χ3v) is 4.92. The number of benzodiazepines with no additional fused rings is 1. The number of pyridine rings is 1. The Morgan fingerprint density at radius 3 is 2.87 bits per heavy atom. The number of benzene rings is 1. The van der Waals surface area contributed by atoms with E-state index in [1.165, 1.54) is 18.3 Å². The largest absolute Gasteiger partial charge is 0.373 e. The molecule has 0 amide bonds. The molecule has 0 radical (unpaired) electrons. The van der Waals surface area contributed by atoms with Crippen molar-refractivity contribution < 1.29 is 9.18 Å². The zero-order valence-electron chi connectivity index (χ0n) is 12.1. The highest BCUT2D eigenvalue weighted by Crippen LogP contribution is 2.36. The van der Waals surface area contributed by atoms with Crippen LogP contribution in [0.15, 0.2) is 39.9 Å². The summed E-state index contributed by atoms with van der Waals surface area (Å²) < 4.78 is 14.9. The Balaban J connectivity index is 2.31. The number of fused-ring (bicyclic) bond motifs is 1. The Morgan fingerprint density at radius 1 is 1.39 bits per heavy atom. The van der Waals surface area contributed by atoms with Gasteiger partial charge in [0.25, 0.3) is 0 Å². The number of nitrogens with zero attached hydrogens (tertiary/aromatic N) is 2. The van der Waals surface area contributed by atoms with Gasteiger partial charge in [-0.1, -0.05) is 11.6 Å². The Labute approximate surface area is 145 Å². The van der Waals surface area contributed by atoms with Crippen LogP contribution in [0.5, 0.6) is 0 Å². The molecule has 7 heteroatoms. The van der Waals surface area contributed by atoms with Crippen molar-refractivity contribution in [2.24, 2.45) is 4.99 Å². The molecule has 1 aliphatic heterocycles. The van der Waals surface area contributed by atoms with Crippen LogP contribution in [-0.2, 0) is 4.79 Å². The Kier molecular flexibility index (Phi) is 4.46. The second kappa shape index (κ2) is 6.37. The van der Waals surface area contributed by atoms with Crippen molar-refractivity contribution in [3.8, 4) is 0 Å². The van der Waals surface area contributed by atoms with E-state index < -0.39 is 17.9 Å². The van der Waals surface area contributed by atoms with E-state index in [4.69, 9.17) is 11.6 Å². The Morgan fingerprint density at radius 2 is 2.17 bits per heavy atom. The summed E-state index contributed by atoms with van der Waals surface area (Å²) >= 11 is 9.78. The quantitative estimate of drug-likeness (QED) is 0.784. The van der Waals surface area contributed by atoms with Gasteiger partial charge in [0.1, 0.15) is 18.0 Å². The van der Waals surface area contributed by atoms with Crippen molar-refractivity contribution >= 4 is 45.2 Å². The molecule has 0 spiro atoms. The predicted molar refractivity (Wildman–Crippen MR) is 91.9 cm³/mol. The van der Waals surface area contributed by atoms with E-state index in [1.54, 1.807) is 19.1 Å². The third kappa shape index (κ3) is 2.88. The van der Waals surface area contributed by atoms with Crippen molar-refractivity contribution in [3.63, 3.8) is 0 Å². The first-order valence-electron chi connectivity index (χ1n) is 6.91. The molecular weight excluding hydrogens is 385 g/mol. The van der Waals surface area contributed by atoms with Gasteiger partial charge < -0.3 is 10.1 Å². The molecule has 2 atom stereocenters. The number of anilines is 1. The lowest BCUT2D eigenvalue weighted by atomic mass is 10.0. The first-order valence-corrected chi connectivity index (χ1v) is 8.09. The average Bonchev–Trinajstić information content (AvgIpc) is 2.68. The van der Waals surface area contributed by atoms with Crippen LogP contribution in [0.4, 0.5) is 10.1 Å². The summed E-state index contributed by atoms with van der Waals surface area (Å²) in [6.45, 7) is 1.78. The summed E-state index contributed by atoms with van der Waals surface area (Å²) in [7, 11) is 0. The van der Waals surface area contributed by atoms with E-state index in [9.17, 15) is 9.18 Å². The molecular formula is C16H12BrClFN3O. The molecule has 0 saturated carbocycles. The van der Waals surface area contributed by atoms with Crippen molar-refractivity contribution in [1.29, 1.82) is 0 Å². The summed E-state index contributed by atoms with van der Waals surface area (Å²) in [5.74, 6) is -0.495. The predicted octanol–water partition coefficient (Wildman–Crippen LogP) is 3.86. The molecule has 1 N–H and O–H groups in total. The smallest absolute Gasteiger partial charge is 0.151 e. The minimum absolute atomic E-state index is 0.106. The van der Waals surface area contributed by atoms with Crippen LogP contribution in [0.1, 0.15) is 18.2 Å². The normalized spacial score (nSPS) is 20.1. The number of nitrogens with one attached hydrogen (secondary N) is 1. The van der Waals surface area contributed by atoms with Crippen molar-refractivity contribution in [2.75, 3.05) is 5.32 Å². The van der Waals surface area contributed by atoms with Crippen molar-refractivity contribution in [3.05, 3.63) is 57.0 Å². The SMILES string of the molecule is C[C@@H]1N=C(c2ncccc2F)c2c(ccc(Br)c2Cl)NC1C=O. The number of aromatic nitrogens is 1. The summed E-state index contributed by atoms with van der Waals surface area (Å²) in [5.41, 5.74) is 1.57. The van der Waals surface area contributed by atoms with Crippen molar-refractivity contribution in [2.45, 2.75) is 19.0 Å². The highest BCUT2D eigenvalue weighted by molar-refractivity contribution is 9.10. The zero-order chi connectivity index (χ0) is 16.6. The topological polar surface area (TPSA) is 54.4 Å². The summed E-state index contributed by atoms with van der Waals surface area (Å²) in [6, 6.07) is 5.43. The molecule has 4 nitrogen and oxygen atoms in total. The molecule has 0 bridgehead atoms. The van der Waals surface area contributed by atoms with E-state index >= 15 is 0 Å². The van der Waals surface area contributed by atoms with E-state index in [1.807, 2.05) is 0 Å². The second-order valence-electron chi connectivity index (χ2n) is 5.14. The number of halogens is 3. The summed E-state index contributed by atoms with van der Waals surface area (Å²) in [5, 5.41) is 3.49. The van der Waals surface area contributed by atoms with E-state index in [-0.39, 0.29) is 5.69 Å². The van der Waals surface area contributed by atoms with Gasteiger partial charge in [-0.25, -0.2) is 4.39 Å². The van der Waals surface area contributed by atoms with Crippen LogP contribution < -0.4 is 5.32 Å². The molecule has 1 unspecified atom stereocenters. The van der Waals surface area contributed by atoms with Gasteiger partial charge in [-0.15, -0.1) is 0 Å². The maximum atomic E-state index is 14.3. The average molecular weight is 397 g/mol. The Bertz CT molecular complexity index is 812. The molecule has 1 aromatic carbocycles. The van der Waals surface area contributed by atoms with Gasteiger partial charge in [-0.05, 0) is 47.1 Å². The number of carbonyl (C=O) groups excluding carboxylic acids is 1. The van der Waals surface area contributed by atoms with E-state index in [0.717, 1.165) is 6.29 Å². The van der Waals surface area contributed by atoms with Gasteiger partial charge in [0.2, 0.25) is 0 Å². The second-order valence-corrected chi connectivity index (χ2v) is 6.37. The maximum Gasteiger partial charge on any atom is 0.151 e. The fourth-order valence-corrected chi connectivity index (χ4v) is 3.02. The minimum atomic E-state index is -0.532. The standard InChI is InChI=1S/C16H12BrClFN3O/c1-8-12(7-23)22-11-5-4-9(17)14(18)13(11)16(21-8)15-10(19)3-2-6-20-15/h2-8,12,22H,1H3/t8-,12?/m0/s1. The lowest BCUT2D eigenvalue weighted by Gasteiger charge is -2.16. The summed E-state index contributed by atoms with van der Waals surface area (Å²) in [6.07, 6.45) is 2.28. The van der Waals surface area contributed by atoms with E-state index in [0.29, 0.717) is 26.5 Å². The van der Waals surface area contributed by atoms with Crippen LogP contribution in [0.2, 0.25) is 5.02 Å². The van der Waals surface area contributed by atoms with Gasteiger partial charge in [-0.2, -0.15) is 0 Å². The third-order valence-electron chi connectivity index (χ3n) is 3.64. The highest BCUT2D eigenvalue weighted by atomic mass is 79.9. The highest BCUT2D eigenvalue weighted by Gasteiger charge is 2.28. The van der Waals surface area contributed by atoms with Gasteiger partial charge in [0.15, 0.2) is 5.82 Å². The van der Waals surface area contributed by atoms with Gasteiger partial charge in [0.05, 0.1) is 16.8 Å². The van der Waals surface area contributed by atoms with Crippen LogP contribution in [0, 0.1) is 5.82 Å². The molecule has 0 saturated heterocycles. The lowest BCUT2D eigenvalue weighted by Crippen LogP contribution is -2.31. The monoisotopic (exact) mass is 395 g/mol. The van der Waals surface area contributed by atoms with Crippen LogP contribution in [0.25, 0.3) is 0 Å². The zero-order valence-corrected chi connectivity index (χ0v) is 14.4. The number of aliphatic imine (C=N–C) groups is 1. The maximum absolute atomic E-state index is 14.3. The van der Waals surface area contributed by atoms with Crippen LogP contribution in [0.3, 0.4) is 0 Å². The molecule has 0 fully saturated rings. The first kappa shape index (κ1) is 16.1. The fraction of sp³-hybridized carbons (Fsp3) is 0.188. The number of aldehydes is 1. The first-order chi connectivity index (χ1) is 11.0. The number of rotatable bonds is 2. The molecule has 2 aromatic rings. The number of hydrogen-bond acceptors (Lipinski definition) is 4. The van der Waals surface area contributed by atoms with Gasteiger partial charge >= 0.3 is 0 Å². The summed E-state index contributed by atoms with van der Waals surface area (Å²) in [4.78, 5) is 20.0. The number of hydrogen-bond donors (Lipinski definition) is 1. The number of carbonyl (C=O) groups is 1. The van der Waals surface area contributed by atoms with E-state index in [2.05, 4.69) is 31.2 Å². The molecule has 2 heterocycles. The Hall–Kier alpha value is -1.79. The van der Waals surface area contributed by atoms with Gasteiger partial charge in [0, 0.05) is 21.9 Å². The van der Waals surface area contributed by atoms with Gasteiger partial charge in [-0.3, -0.25) is 9.98 Å². The van der Waals surface area contributed by atoms with Crippen LogP contribution >= 0.6 is 27.5 Å². The molecule has 118 valence electrons. The molecule has 0 aliphatic carbocycles. The van der Waals surface area contributed by atoms with Crippen molar-refractivity contribution in [1.82, 2.24) is 4.98 Å². The molecule has 23 heavy (non-hydrogen) atoms. The molecule has 1 aromatic heterocycles. The fourth-order valence-electron chi connectivity index (χ4n) is 2.44. The molecule has 3 rings (SSSR count). The molecule has 1 aliphatic rings. The lowest BCUT2D eigenvalue weighted by molar-refractivity contribution is -0.108. The van der Waals surface area contributed by atoms with Crippen LogP contribution in [-0.4, -0.2) is 29.1 Å².